The molecular formula is C17H24N4O2S. The van der Waals surface area contributed by atoms with E-state index in [2.05, 4.69) is 10.1 Å². The van der Waals surface area contributed by atoms with Crippen molar-refractivity contribution >= 4 is 23.4 Å². The van der Waals surface area contributed by atoms with Crippen LogP contribution in [0, 0.1) is 6.92 Å². The first-order chi connectivity index (χ1) is 11.6. The molecule has 0 spiro atoms. The number of nitrogens with zero attached hydrogens (tertiary/aromatic N) is 4. The lowest BCUT2D eigenvalue weighted by Gasteiger charge is -2.22. The maximum Gasteiger partial charge on any atom is 0.255 e. The van der Waals surface area contributed by atoms with Gasteiger partial charge >= 0.3 is 0 Å². The molecule has 0 bridgehead atoms. The largest absolute Gasteiger partial charge is 0.368 e. The van der Waals surface area contributed by atoms with Crippen LogP contribution in [0.15, 0.2) is 30.7 Å². The summed E-state index contributed by atoms with van der Waals surface area (Å²) in [6.07, 6.45) is 7.54. The number of amides is 1. The molecule has 7 heteroatoms. The van der Waals surface area contributed by atoms with Gasteiger partial charge in [-0.3, -0.25) is 9.78 Å². The highest BCUT2D eigenvalue weighted by Gasteiger charge is 2.24. The summed E-state index contributed by atoms with van der Waals surface area (Å²) < 4.78 is 7.45. The van der Waals surface area contributed by atoms with Crippen LogP contribution >= 0.6 is 11.8 Å². The number of aromatic nitrogens is 3. The van der Waals surface area contributed by atoms with Crippen LogP contribution in [0.5, 0.6) is 0 Å². The topological polar surface area (TPSA) is 60.2 Å². The Morgan fingerprint density at radius 2 is 2.29 bits per heavy atom. The fourth-order valence-corrected chi connectivity index (χ4v) is 2.64. The summed E-state index contributed by atoms with van der Waals surface area (Å²) in [5.74, 6) is 0.832. The minimum absolute atomic E-state index is 0.0487. The fourth-order valence-electron chi connectivity index (χ4n) is 2.37. The molecule has 1 atom stereocenters. The van der Waals surface area contributed by atoms with Crippen LogP contribution in [-0.2, 0) is 9.53 Å². The SMILES string of the molecule is CCC(OCCSC)C(=O)N(C)c1cn(-c2cccnc2)nc1C. The Kier molecular flexibility index (Phi) is 6.81. The van der Waals surface area contributed by atoms with E-state index in [4.69, 9.17) is 4.74 Å². The Labute approximate surface area is 147 Å². The van der Waals surface area contributed by atoms with Gasteiger partial charge in [-0.25, -0.2) is 4.68 Å². The maximum absolute atomic E-state index is 12.7. The molecule has 0 aromatic carbocycles. The molecule has 2 heterocycles. The molecule has 0 saturated heterocycles. The quantitative estimate of drug-likeness (QED) is 0.687. The number of likely N-dealkylation sites (N-methyl/N-ethyl adjacent to an activating group) is 1. The molecule has 24 heavy (non-hydrogen) atoms. The van der Waals surface area contributed by atoms with Crippen molar-refractivity contribution < 1.29 is 9.53 Å². The van der Waals surface area contributed by atoms with Crippen LogP contribution in [0.1, 0.15) is 19.0 Å². The van der Waals surface area contributed by atoms with Gasteiger partial charge in [0.15, 0.2) is 0 Å². The Morgan fingerprint density at radius 3 is 2.92 bits per heavy atom. The first-order valence-electron chi connectivity index (χ1n) is 7.93. The van der Waals surface area contributed by atoms with Crippen molar-refractivity contribution in [2.75, 3.05) is 30.6 Å². The molecule has 0 fully saturated rings. The van der Waals surface area contributed by atoms with E-state index in [0.29, 0.717) is 13.0 Å². The van der Waals surface area contributed by atoms with E-state index in [1.165, 1.54) is 0 Å². The predicted molar refractivity (Wildman–Crippen MR) is 97.9 cm³/mol. The smallest absolute Gasteiger partial charge is 0.255 e. The van der Waals surface area contributed by atoms with Crippen molar-refractivity contribution in [2.45, 2.75) is 26.4 Å². The van der Waals surface area contributed by atoms with E-state index in [-0.39, 0.29) is 5.91 Å². The van der Waals surface area contributed by atoms with Gasteiger partial charge in [-0.2, -0.15) is 16.9 Å². The van der Waals surface area contributed by atoms with E-state index >= 15 is 0 Å². The normalized spacial score (nSPS) is 12.2. The molecule has 6 nitrogen and oxygen atoms in total. The van der Waals surface area contributed by atoms with Gasteiger partial charge in [-0.05, 0) is 31.7 Å². The highest BCUT2D eigenvalue weighted by molar-refractivity contribution is 7.98. The van der Waals surface area contributed by atoms with Gasteiger partial charge in [0.25, 0.3) is 5.91 Å². The van der Waals surface area contributed by atoms with E-state index in [1.807, 2.05) is 38.4 Å². The van der Waals surface area contributed by atoms with Crippen LogP contribution in [0.3, 0.4) is 0 Å². The molecule has 0 aliphatic heterocycles. The number of anilines is 1. The molecule has 2 aromatic heterocycles. The lowest BCUT2D eigenvalue weighted by molar-refractivity contribution is -0.129. The Hall–Kier alpha value is -1.86. The number of pyridine rings is 1. The number of hydrogen-bond acceptors (Lipinski definition) is 5. The Bertz CT molecular complexity index is 660. The molecule has 1 amide bonds. The zero-order chi connectivity index (χ0) is 17.5. The average Bonchev–Trinajstić information content (AvgIpc) is 3.00. The second kappa shape index (κ2) is 8.84. The van der Waals surface area contributed by atoms with Gasteiger partial charge in [0.2, 0.25) is 0 Å². The number of carbonyl (C=O) groups is 1. The number of aryl methyl sites for hydroxylation is 1. The van der Waals surface area contributed by atoms with Crippen molar-refractivity contribution in [2.24, 2.45) is 0 Å². The standard InChI is InChI=1S/C17H24N4O2S/c1-5-16(23-9-10-24-4)17(22)20(3)15-12-21(19-13(15)2)14-7-6-8-18-11-14/h6-8,11-12,16H,5,9-10H2,1-4H3. The summed E-state index contributed by atoms with van der Waals surface area (Å²) in [5.41, 5.74) is 2.42. The minimum atomic E-state index is -0.428. The van der Waals surface area contributed by atoms with E-state index < -0.39 is 6.10 Å². The summed E-state index contributed by atoms with van der Waals surface area (Å²) in [4.78, 5) is 18.4. The van der Waals surface area contributed by atoms with Crippen LogP contribution in [0.4, 0.5) is 5.69 Å². The van der Waals surface area contributed by atoms with Crippen molar-refractivity contribution in [3.63, 3.8) is 0 Å². The number of rotatable bonds is 8. The van der Waals surface area contributed by atoms with Crippen molar-refractivity contribution in [3.05, 3.63) is 36.4 Å². The average molecular weight is 348 g/mol. The van der Waals surface area contributed by atoms with Crippen LogP contribution < -0.4 is 4.90 Å². The fraction of sp³-hybridized carbons (Fsp3) is 0.471. The summed E-state index contributed by atoms with van der Waals surface area (Å²) in [6.45, 7) is 4.43. The third-order valence-electron chi connectivity index (χ3n) is 3.73. The van der Waals surface area contributed by atoms with Crippen LogP contribution in [0.2, 0.25) is 0 Å². The molecular weight excluding hydrogens is 324 g/mol. The molecule has 2 rings (SSSR count). The molecule has 0 aliphatic rings. The highest BCUT2D eigenvalue weighted by Crippen LogP contribution is 2.21. The highest BCUT2D eigenvalue weighted by atomic mass is 32.2. The van der Waals surface area contributed by atoms with Gasteiger partial charge in [-0.15, -0.1) is 0 Å². The lowest BCUT2D eigenvalue weighted by atomic mass is 10.2. The van der Waals surface area contributed by atoms with Crippen LogP contribution in [-0.4, -0.2) is 52.4 Å². The first-order valence-corrected chi connectivity index (χ1v) is 9.32. The van der Waals surface area contributed by atoms with Crippen LogP contribution in [0.25, 0.3) is 5.69 Å². The monoisotopic (exact) mass is 348 g/mol. The molecule has 0 radical (unpaired) electrons. The Balaban J connectivity index is 2.15. The third kappa shape index (κ3) is 4.36. The van der Waals surface area contributed by atoms with E-state index in [0.717, 1.165) is 22.8 Å². The molecule has 0 saturated carbocycles. The summed E-state index contributed by atoms with van der Waals surface area (Å²) in [6, 6.07) is 3.78. The predicted octanol–water partition coefficient (Wildman–Crippen LogP) is 2.70. The number of ether oxygens (including phenoxy) is 1. The second-order valence-corrected chi connectivity index (χ2v) is 6.40. The zero-order valence-corrected chi connectivity index (χ0v) is 15.4. The van der Waals surface area contributed by atoms with Gasteiger partial charge in [0, 0.05) is 19.0 Å². The van der Waals surface area contributed by atoms with Gasteiger partial charge in [-0.1, -0.05) is 6.92 Å². The molecule has 1 unspecified atom stereocenters. The van der Waals surface area contributed by atoms with Crippen molar-refractivity contribution in [1.82, 2.24) is 14.8 Å². The van der Waals surface area contributed by atoms with Gasteiger partial charge < -0.3 is 9.64 Å². The maximum atomic E-state index is 12.7. The first kappa shape index (κ1) is 18.5. The molecule has 2 aromatic rings. The summed E-state index contributed by atoms with van der Waals surface area (Å²) in [5, 5.41) is 4.48. The number of hydrogen-bond donors (Lipinski definition) is 0. The minimum Gasteiger partial charge on any atom is -0.368 e. The van der Waals surface area contributed by atoms with Crippen molar-refractivity contribution in [1.29, 1.82) is 0 Å². The van der Waals surface area contributed by atoms with Gasteiger partial charge in [0.1, 0.15) is 6.10 Å². The molecule has 0 N–H and O–H groups in total. The summed E-state index contributed by atoms with van der Waals surface area (Å²) in [7, 11) is 1.76. The molecule has 0 aliphatic carbocycles. The van der Waals surface area contributed by atoms with E-state index in [9.17, 15) is 4.79 Å². The van der Waals surface area contributed by atoms with Gasteiger partial charge in [0.05, 0.1) is 36.1 Å². The van der Waals surface area contributed by atoms with E-state index in [1.54, 1.807) is 40.8 Å². The number of carbonyl (C=O) groups excluding carboxylic acids is 1. The second-order valence-electron chi connectivity index (χ2n) is 5.41. The van der Waals surface area contributed by atoms with Crippen molar-refractivity contribution in [3.8, 4) is 5.69 Å². The number of thioether (sulfide) groups is 1. The Morgan fingerprint density at radius 1 is 1.50 bits per heavy atom. The third-order valence-corrected chi connectivity index (χ3v) is 4.30. The summed E-state index contributed by atoms with van der Waals surface area (Å²) >= 11 is 1.70. The lowest BCUT2D eigenvalue weighted by Crippen LogP contribution is -2.38. The molecule has 130 valence electrons. The zero-order valence-electron chi connectivity index (χ0n) is 14.6.